The van der Waals surface area contributed by atoms with Crippen molar-refractivity contribution < 1.29 is 9.13 Å². The van der Waals surface area contributed by atoms with E-state index in [9.17, 15) is 4.39 Å². The van der Waals surface area contributed by atoms with Crippen LogP contribution in [0.15, 0.2) is 18.2 Å². The van der Waals surface area contributed by atoms with Crippen molar-refractivity contribution in [3.05, 3.63) is 29.6 Å². The Morgan fingerprint density at radius 2 is 2.05 bits per heavy atom. The molecule has 0 aliphatic heterocycles. The van der Waals surface area contributed by atoms with Crippen LogP contribution in [0.5, 0.6) is 5.75 Å². The fourth-order valence-electron chi connectivity index (χ4n) is 2.26. The van der Waals surface area contributed by atoms with Crippen LogP contribution in [0.2, 0.25) is 0 Å². The van der Waals surface area contributed by atoms with Gasteiger partial charge < -0.3 is 4.74 Å². The van der Waals surface area contributed by atoms with Crippen molar-refractivity contribution in [1.82, 2.24) is 0 Å². The van der Waals surface area contributed by atoms with Gasteiger partial charge in [0.15, 0.2) is 0 Å². The van der Waals surface area contributed by atoms with E-state index < -0.39 is 0 Å². The fraction of sp³-hybridized carbons (Fsp3) is 0.500. The first-order chi connectivity index (χ1) is 9.29. The average Bonchev–Trinajstić information content (AvgIpc) is 2.43. The molecule has 3 heteroatoms. The molecule has 1 aliphatic rings. The van der Waals surface area contributed by atoms with Crippen LogP contribution in [0.25, 0.3) is 0 Å². The molecule has 102 valence electrons. The lowest BCUT2D eigenvalue weighted by molar-refractivity contribution is 0.154. The summed E-state index contributed by atoms with van der Waals surface area (Å²) in [7, 11) is 0. The predicted octanol–water partition coefficient (Wildman–Crippen LogP) is 4.52. The number of rotatable bonds is 3. The first-order valence-electron chi connectivity index (χ1n) is 6.80. The summed E-state index contributed by atoms with van der Waals surface area (Å²) in [5.41, 5.74) is 0.747. The van der Waals surface area contributed by atoms with Crippen LogP contribution in [0.1, 0.15) is 44.1 Å². The third-order valence-electron chi connectivity index (χ3n) is 3.23. The van der Waals surface area contributed by atoms with Gasteiger partial charge in [-0.15, -0.1) is 11.6 Å². The smallest absolute Gasteiger partial charge is 0.138 e. The molecule has 2 rings (SSSR count). The number of hydrogen-bond acceptors (Lipinski definition) is 1. The predicted molar refractivity (Wildman–Crippen MR) is 76.1 cm³/mol. The zero-order valence-electron chi connectivity index (χ0n) is 10.9. The molecular formula is C16H18ClFO. The SMILES string of the molecule is Fc1ccc(C#CCCCl)c(OC2CCCCC2)c1. The third-order valence-corrected chi connectivity index (χ3v) is 3.42. The molecular weight excluding hydrogens is 263 g/mol. The number of benzene rings is 1. The summed E-state index contributed by atoms with van der Waals surface area (Å²) in [5, 5.41) is 0. The maximum absolute atomic E-state index is 13.3. The van der Waals surface area contributed by atoms with E-state index in [1.54, 1.807) is 6.07 Å². The van der Waals surface area contributed by atoms with E-state index in [1.165, 1.54) is 31.4 Å². The Morgan fingerprint density at radius 3 is 2.79 bits per heavy atom. The lowest BCUT2D eigenvalue weighted by atomic mass is 9.97. The number of alkyl halides is 1. The van der Waals surface area contributed by atoms with Gasteiger partial charge in [-0.25, -0.2) is 4.39 Å². The summed E-state index contributed by atoms with van der Waals surface area (Å²) in [6.07, 6.45) is 6.56. The second kappa shape index (κ2) is 7.40. The van der Waals surface area contributed by atoms with Gasteiger partial charge >= 0.3 is 0 Å². The van der Waals surface area contributed by atoms with E-state index >= 15 is 0 Å². The highest BCUT2D eigenvalue weighted by Gasteiger charge is 2.16. The van der Waals surface area contributed by atoms with Crippen LogP contribution in [0, 0.1) is 17.7 Å². The van der Waals surface area contributed by atoms with Crippen LogP contribution in [-0.4, -0.2) is 12.0 Å². The second-order valence-electron chi connectivity index (χ2n) is 4.76. The van der Waals surface area contributed by atoms with Gasteiger partial charge in [-0.3, -0.25) is 0 Å². The van der Waals surface area contributed by atoms with Crippen LogP contribution in [0.4, 0.5) is 4.39 Å². The van der Waals surface area contributed by atoms with Gasteiger partial charge in [0.05, 0.1) is 11.7 Å². The summed E-state index contributed by atoms with van der Waals surface area (Å²) < 4.78 is 19.3. The monoisotopic (exact) mass is 280 g/mol. The largest absolute Gasteiger partial charge is 0.489 e. The Labute approximate surface area is 119 Å². The van der Waals surface area contributed by atoms with Crippen molar-refractivity contribution in [2.24, 2.45) is 0 Å². The molecule has 1 nitrogen and oxygen atoms in total. The average molecular weight is 281 g/mol. The minimum Gasteiger partial charge on any atom is -0.489 e. The first kappa shape index (κ1) is 14.2. The lowest BCUT2D eigenvalue weighted by Crippen LogP contribution is -2.20. The molecule has 0 atom stereocenters. The molecule has 0 spiro atoms. The summed E-state index contributed by atoms with van der Waals surface area (Å²) >= 11 is 5.59. The summed E-state index contributed by atoms with van der Waals surface area (Å²) in [6, 6.07) is 4.52. The molecule has 1 aliphatic carbocycles. The molecule has 1 aromatic rings. The van der Waals surface area contributed by atoms with Gasteiger partial charge in [0.1, 0.15) is 11.6 Å². The topological polar surface area (TPSA) is 9.23 Å². The summed E-state index contributed by atoms with van der Waals surface area (Å²) in [6.45, 7) is 0. The van der Waals surface area contributed by atoms with Gasteiger partial charge in [0.2, 0.25) is 0 Å². The van der Waals surface area contributed by atoms with E-state index in [0.717, 1.165) is 18.4 Å². The maximum Gasteiger partial charge on any atom is 0.138 e. The van der Waals surface area contributed by atoms with Crippen LogP contribution in [0.3, 0.4) is 0 Å². The molecule has 1 fully saturated rings. The molecule has 0 N–H and O–H groups in total. The lowest BCUT2D eigenvalue weighted by Gasteiger charge is -2.23. The standard InChI is InChI=1S/C16H18ClFO/c17-11-5-4-6-13-9-10-14(18)12-16(13)19-15-7-2-1-3-8-15/h9-10,12,15H,1-3,5,7-8,11H2. The Kier molecular flexibility index (Phi) is 5.54. The Hall–Kier alpha value is -1.20. The molecule has 0 unspecified atom stereocenters. The van der Waals surface area contributed by atoms with Gasteiger partial charge in [0.25, 0.3) is 0 Å². The quantitative estimate of drug-likeness (QED) is 0.584. The zero-order chi connectivity index (χ0) is 13.5. The second-order valence-corrected chi connectivity index (χ2v) is 5.14. The highest BCUT2D eigenvalue weighted by atomic mass is 35.5. The molecule has 0 saturated heterocycles. The Bertz CT molecular complexity index is 469. The summed E-state index contributed by atoms with van der Waals surface area (Å²) in [5.74, 6) is 6.76. The molecule has 0 aromatic heterocycles. The van der Waals surface area contributed by atoms with E-state index in [4.69, 9.17) is 16.3 Å². The van der Waals surface area contributed by atoms with Gasteiger partial charge in [0, 0.05) is 18.4 Å². The highest BCUT2D eigenvalue weighted by molar-refractivity contribution is 6.18. The summed E-state index contributed by atoms with van der Waals surface area (Å²) in [4.78, 5) is 0. The molecule has 1 aromatic carbocycles. The van der Waals surface area contributed by atoms with Gasteiger partial charge in [-0.1, -0.05) is 18.3 Å². The third kappa shape index (κ3) is 4.44. The van der Waals surface area contributed by atoms with Crippen molar-refractivity contribution in [3.63, 3.8) is 0 Å². The molecule has 1 saturated carbocycles. The molecule has 0 amide bonds. The van der Waals surface area contributed by atoms with Crippen LogP contribution >= 0.6 is 11.6 Å². The zero-order valence-corrected chi connectivity index (χ0v) is 11.7. The van der Waals surface area contributed by atoms with E-state index in [-0.39, 0.29) is 11.9 Å². The fourth-order valence-corrected chi connectivity index (χ4v) is 2.36. The van der Waals surface area contributed by atoms with E-state index in [0.29, 0.717) is 18.1 Å². The minimum atomic E-state index is -0.284. The van der Waals surface area contributed by atoms with Crippen molar-refractivity contribution in [3.8, 4) is 17.6 Å². The van der Waals surface area contributed by atoms with E-state index in [1.807, 2.05) is 0 Å². The highest BCUT2D eigenvalue weighted by Crippen LogP contribution is 2.26. The normalized spacial score (nSPS) is 15.7. The van der Waals surface area contributed by atoms with E-state index in [2.05, 4.69) is 11.8 Å². The first-order valence-corrected chi connectivity index (χ1v) is 7.34. The number of hydrogen-bond donors (Lipinski definition) is 0. The maximum atomic E-state index is 13.3. The molecule has 19 heavy (non-hydrogen) atoms. The number of halogens is 2. The Morgan fingerprint density at radius 1 is 1.26 bits per heavy atom. The van der Waals surface area contributed by atoms with Gasteiger partial charge in [-0.05, 0) is 37.8 Å². The van der Waals surface area contributed by atoms with Crippen molar-refractivity contribution in [1.29, 1.82) is 0 Å². The molecule has 0 bridgehead atoms. The van der Waals surface area contributed by atoms with Crippen LogP contribution < -0.4 is 4.74 Å². The molecule has 0 heterocycles. The van der Waals surface area contributed by atoms with Crippen molar-refractivity contribution in [2.45, 2.75) is 44.6 Å². The van der Waals surface area contributed by atoms with Crippen molar-refractivity contribution in [2.75, 3.05) is 5.88 Å². The van der Waals surface area contributed by atoms with Crippen molar-refractivity contribution >= 4 is 11.6 Å². The van der Waals surface area contributed by atoms with Crippen LogP contribution in [-0.2, 0) is 0 Å². The Balaban J connectivity index is 2.12. The minimum absolute atomic E-state index is 0.198. The molecule has 0 radical (unpaired) electrons. The number of ether oxygens (including phenoxy) is 1. The van der Waals surface area contributed by atoms with Gasteiger partial charge in [-0.2, -0.15) is 0 Å².